The number of aryl methyl sites for hydroxylation is 1. The van der Waals surface area contributed by atoms with Gasteiger partial charge in [-0.25, -0.2) is 0 Å². The van der Waals surface area contributed by atoms with Gasteiger partial charge in [0.25, 0.3) is 0 Å². The van der Waals surface area contributed by atoms with Crippen molar-refractivity contribution < 1.29 is 4.42 Å². The summed E-state index contributed by atoms with van der Waals surface area (Å²) >= 11 is 0. The van der Waals surface area contributed by atoms with Gasteiger partial charge in [-0.2, -0.15) is 0 Å². The Morgan fingerprint density at radius 1 is 1.33 bits per heavy atom. The molecule has 1 saturated carbocycles. The van der Waals surface area contributed by atoms with Crippen LogP contribution in [0.15, 0.2) is 28.7 Å². The molecular weight excluding hydrogens is 222 g/mol. The number of para-hydroxylation sites is 1. The fourth-order valence-corrected chi connectivity index (χ4v) is 3.13. The lowest BCUT2D eigenvalue weighted by molar-refractivity contribution is 0.401. The smallest absolute Gasteiger partial charge is 0.137 e. The Morgan fingerprint density at radius 2 is 2.11 bits per heavy atom. The van der Waals surface area contributed by atoms with E-state index in [1.165, 1.54) is 36.6 Å². The van der Waals surface area contributed by atoms with Gasteiger partial charge in [0.2, 0.25) is 0 Å². The first-order valence-corrected chi connectivity index (χ1v) is 6.98. The molecule has 1 aromatic carbocycles. The van der Waals surface area contributed by atoms with Crippen LogP contribution in [0.4, 0.5) is 0 Å². The van der Waals surface area contributed by atoms with Crippen LogP contribution in [0.1, 0.15) is 49.5 Å². The van der Waals surface area contributed by atoms with Crippen LogP contribution in [0, 0.1) is 12.8 Å². The van der Waals surface area contributed by atoms with Crippen molar-refractivity contribution in [2.24, 2.45) is 11.7 Å². The zero-order valence-corrected chi connectivity index (χ0v) is 11.0. The lowest BCUT2D eigenvalue weighted by Gasteiger charge is -2.13. The molecule has 0 spiro atoms. The third kappa shape index (κ3) is 2.17. The van der Waals surface area contributed by atoms with Crippen LogP contribution in [0.5, 0.6) is 0 Å². The van der Waals surface area contributed by atoms with Gasteiger partial charge in [0.15, 0.2) is 0 Å². The highest BCUT2D eigenvalue weighted by Crippen LogP contribution is 2.34. The fraction of sp³-hybridized carbons (Fsp3) is 0.500. The maximum absolute atomic E-state index is 6.29. The van der Waals surface area contributed by atoms with Crippen molar-refractivity contribution in [2.75, 3.05) is 0 Å². The average Bonchev–Trinajstić information content (AvgIpc) is 2.97. The molecule has 2 heteroatoms. The number of rotatable bonds is 3. The Kier molecular flexibility index (Phi) is 3.13. The van der Waals surface area contributed by atoms with E-state index in [4.69, 9.17) is 10.2 Å². The Morgan fingerprint density at radius 3 is 2.83 bits per heavy atom. The lowest BCUT2D eigenvalue weighted by atomic mass is 9.97. The fourth-order valence-electron chi connectivity index (χ4n) is 3.13. The van der Waals surface area contributed by atoms with Gasteiger partial charge in [-0.1, -0.05) is 43.9 Å². The van der Waals surface area contributed by atoms with E-state index < -0.39 is 0 Å². The number of furan rings is 1. The maximum atomic E-state index is 6.29. The topological polar surface area (TPSA) is 39.2 Å². The lowest BCUT2D eigenvalue weighted by Crippen LogP contribution is -2.13. The van der Waals surface area contributed by atoms with E-state index in [1.54, 1.807) is 0 Å². The minimum atomic E-state index is 0.0555. The largest absolute Gasteiger partial charge is 0.459 e. The van der Waals surface area contributed by atoms with E-state index in [0.29, 0.717) is 0 Å². The Hall–Kier alpha value is -1.28. The van der Waals surface area contributed by atoms with E-state index in [0.717, 1.165) is 23.7 Å². The second kappa shape index (κ2) is 4.77. The molecule has 3 rings (SSSR count). The van der Waals surface area contributed by atoms with Crippen LogP contribution in [-0.2, 0) is 0 Å². The highest BCUT2D eigenvalue weighted by molar-refractivity contribution is 5.80. The van der Waals surface area contributed by atoms with Crippen molar-refractivity contribution in [3.8, 4) is 0 Å². The molecule has 1 heterocycles. The molecule has 2 N–H and O–H groups in total. The minimum absolute atomic E-state index is 0.0555. The summed E-state index contributed by atoms with van der Waals surface area (Å²) in [5.41, 5.74) is 8.48. The van der Waals surface area contributed by atoms with Crippen LogP contribution >= 0.6 is 0 Å². The molecule has 0 bridgehead atoms. The van der Waals surface area contributed by atoms with Crippen LogP contribution < -0.4 is 5.73 Å². The van der Waals surface area contributed by atoms with Gasteiger partial charge < -0.3 is 10.2 Å². The summed E-state index contributed by atoms with van der Waals surface area (Å²) < 4.78 is 5.95. The second-order valence-electron chi connectivity index (χ2n) is 5.63. The predicted molar refractivity (Wildman–Crippen MR) is 74.5 cm³/mol. The number of fused-ring (bicyclic) bond motifs is 1. The third-order valence-corrected chi connectivity index (χ3v) is 4.19. The van der Waals surface area contributed by atoms with E-state index in [-0.39, 0.29) is 6.04 Å². The Bertz CT molecular complexity index is 537. The molecule has 1 aromatic heterocycles. The summed E-state index contributed by atoms with van der Waals surface area (Å²) in [5.74, 6) is 1.75. The molecule has 2 aromatic rings. The molecule has 96 valence electrons. The van der Waals surface area contributed by atoms with Crippen LogP contribution in [0.3, 0.4) is 0 Å². The maximum Gasteiger partial charge on any atom is 0.137 e. The van der Waals surface area contributed by atoms with Crippen LogP contribution in [0.25, 0.3) is 11.0 Å². The molecular formula is C16H21NO. The van der Waals surface area contributed by atoms with Gasteiger partial charge in [0.1, 0.15) is 11.3 Å². The van der Waals surface area contributed by atoms with Crippen LogP contribution in [-0.4, -0.2) is 0 Å². The number of hydrogen-bond acceptors (Lipinski definition) is 2. The minimum Gasteiger partial charge on any atom is -0.459 e. The first kappa shape index (κ1) is 11.8. The molecule has 18 heavy (non-hydrogen) atoms. The summed E-state index contributed by atoms with van der Waals surface area (Å²) in [4.78, 5) is 0. The zero-order valence-electron chi connectivity index (χ0n) is 11.0. The summed E-state index contributed by atoms with van der Waals surface area (Å²) in [5, 5.41) is 1.17. The SMILES string of the molecule is Cc1cccc2cc(C(N)CC3CCCC3)oc12. The highest BCUT2D eigenvalue weighted by Gasteiger charge is 2.21. The highest BCUT2D eigenvalue weighted by atomic mass is 16.3. The third-order valence-electron chi connectivity index (χ3n) is 4.19. The van der Waals surface area contributed by atoms with Crippen molar-refractivity contribution in [3.05, 3.63) is 35.6 Å². The molecule has 1 aliphatic carbocycles. The monoisotopic (exact) mass is 243 g/mol. The Labute approximate surface area is 108 Å². The Balaban J connectivity index is 1.82. The van der Waals surface area contributed by atoms with Gasteiger partial charge >= 0.3 is 0 Å². The van der Waals surface area contributed by atoms with Gasteiger partial charge in [0.05, 0.1) is 6.04 Å². The predicted octanol–water partition coefficient (Wildman–Crippen LogP) is 4.32. The van der Waals surface area contributed by atoms with Crippen LogP contribution in [0.2, 0.25) is 0 Å². The van der Waals surface area contributed by atoms with E-state index in [2.05, 4.69) is 31.2 Å². The summed E-state index contributed by atoms with van der Waals surface area (Å²) in [6, 6.07) is 8.41. The molecule has 1 unspecified atom stereocenters. The molecule has 1 fully saturated rings. The van der Waals surface area contributed by atoms with Crippen molar-refractivity contribution in [1.29, 1.82) is 0 Å². The quantitative estimate of drug-likeness (QED) is 0.871. The van der Waals surface area contributed by atoms with Gasteiger partial charge in [-0.3, -0.25) is 0 Å². The van der Waals surface area contributed by atoms with Crippen molar-refractivity contribution >= 4 is 11.0 Å². The summed E-state index contributed by atoms with van der Waals surface area (Å²) in [6.45, 7) is 2.08. The standard InChI is InChI=1S/C16H21NO/c1-11-5-4-8-13-10-15(18-16(11)13)14(17)9-12-6-2-3-7-12/h4-5,8,10,12,14H,2-3,6-7,9,17H2,1H3. The van der Waals surface area contributed by atoms with E-state index in [9.17, 15) is 0 Å². The van der Waals surface area contributed by atoms with Gasteiger partial charge in [-0.05, 0) is 30.9 Å². The van der Waals surface area contributed by atoms with Gasteiger partial charge in [0, 0.05) is 5.39 Å². The molecule has 0 radical (unpaired) electrons. The van der Waals surface area contributed by atoms with E-state index in [1.807, 2.05) is 0 Å². The molecule has 1 atom stereocenters. The van der Waals surface area contributed by atoms with Crippen molar-refractivity contribution in [2.45, 2.75) is 45.1 Å². The number of benzene rings is 1. The van der Waals surface area contributed by atoms with Crippen molar-refractivity contribution in [1.82, 2.24) is 0 Å². The molecule has 2 nitrogen and oxygen atoms in total. The average molecular weight is 243 g/mol. The summed E-state index contributed by atoms with van der Waals surface area (Å²) in [6.07, 6.45) is 6.49. The normalized spacial score (nSPS) is 18.6. The molecule has 0 aliphatic heterocycles. The summed E-state index contributed by atoms with van der Waals surface area (Å²) in [7, 11) is 0. The molecule has 1 aliphatic rings. The second-order valence-corrected chi connectivity index (χ2v) is 5.63. The van der Waals surface area contributed by atoms with Gasteiger partial charge in [-0.15, -0.1) is 0 Å². The molecule has 0 saturated heterocycles. The first-order valence-electron chi connectivity index (χ1n) is 6.98. The molecule has 0 amide bonds. The number of hydrogen-bond donors (Lipinski definition) is 1. The van der Waals surface area contributed by atoms with Crippen molar-refractivity contribution in [3.63, 3.8) is 0 Å². The van der Waals surface area contributed by atoms with E-state index >= 15 is 0 Å². The zero-order chi connectivity index (χ0) is 12.5. The first-order chi connectivity index (χ1) is 8.74. The number of nitrogens with two attached hydrogens (primary N) is 1.